The zero-order chi connectivity index (χ0) is 25.9. The van der Waals surface area contributed by atoms with Gasteiger partial charge >= 0.3 is 6.03 Å². The molecule has 0 unspecified atom stereocenters. The molecule has 4 rings (SSSR count). The number of para-hydroxylation sites is 1. The Hall–Kier alpha value is -3.62. The van der Waals surface area contributed by atoms with Crippen molar-refractivity contribution in [3.05, 3.63) is 89.9 Å². The van der Waals surface area contributed by atoms with Crippen LogP contribution in [-0.2, 0) is 22.5 Å². The van der Waals surface area contributed by atoms with Crippen LogP contribution in [0.5, 0.6) is 0 Å². The molecule has 1 saturated heterocycles. The Balaban J connectivity index is 1.46. The van der Waals surface area contributed by atoms with E-state index in [-0.39, 0.29) is 18.5 Å². The van der Waals surface area contributed by atoms with Crippen LogP contribution in [0.4, 0.5) is 10.5 Å². The number of carbonyl (C=O) groups is 2. The SMILES string of the molecule is Cc1ccccc1NC(=O)N(CCN1CCOCC1)CC(=O)N(CCc1ccccc1)Cc1ccco1. The standard InChI is InChI=1S/C29H36N4O4/c1-24-8-5-6-12-27(24)30-29(35)33(16-15-31-17-20-36-21-18-31)23-28(34)32(22-26-11-7-19-37-26)14-13-25-9-3-2-4-10-25/h2-12,19H,13-18,20-23H2,1H3,(H,30,35). The molecule has 0 aliphatic carbocycles. The number of nitrogens with zero attached hydrogens (tertiary/aromatic N) is 3. The van der Waals surface area contributed by atoms with Crippen LogP contribution in [0, 0.1) is 6.92 Å². The minimum atomic E-state index is -0.281. The second-order valence-electron chi connectivity index (χ2n) is 9.25. The van der Waals surface area contributed by atoms with Gasteiger partial charge in [0.2, 0.25) is 5.91 Å². The molecule has 0 saturated carbocycles. The van der Waals surface area contributed by atoms with Crippen LogP contribution >= 0.6 is 0 Å². The zero-order valence-electron chi connectivity index (χ0n) is 21.5. The highest BCUT2D eigenvalue weighted by Gasteiger charge is 2.24. The first kappa shape index (κ1) is 26.4. The molecule has 0 radical (unpaired) electrons. The molecular weight excluding hydrogens is 468 g/mol. The number of urea groups is 1. The van der Waals surface area contributed by atoms with Crippen LogP contribution in [0.3, 0.4) is 0 Å². The Bertz CT molecular complexity index is 1110. The molecule has 2 aromatic carbocycles. The number of aryl methyl sites for hydroxylation is 1. The lowest BCUT2D eigenvalue weighted by Crippen LogP contribution is -2.48. The number of benzene rings is 2. The van der Waals surface area contributed by atoms with E-state index >= 15 is 0 Å². The molecule has 196 valence electrons. The quantitative estimate of drug-likeness (QED) is 0.427. The fraction of sp³-hybridized carbons (Fsp3) is 0.379. The molecule has 1 N–H and O–H groups in total. The summed E-state index contributed by atoms with van der Waals surface area (Å²) < 4.78 is 11.0. The Kier molecular flexibility index (Phi) is 9.74. The van der Waals surface area contributed by atoms with Crippen molar-refractivity contribution in [2.24, 2.45) is 0 Å². The molecule has 1 fully saturated rings. The van der Waals surface area contributed by atoms with Gasteiger partial charge in [-0.1, -0.05) is 48.5 Å². The van der Waals surface area contributed by atoms with E-state index in [1.807, 2.05) is 61.5 Å². The predicted octanol–water partition coefficient (Wildman–Crippen LogP) is 4.03. The normalized spacial score (nSPS) is 13.8. The topological polar surface area (TPSA) is 78.3 Å². The molecule has 2 heterocycles. The maximum atomic E-state index is 13.6. The molecule has 8 heteroatoms. The third-order valence-corrected chi connectivity index (χ3v) is 6.58. The van der Waals surface area contributed by atoms with E-state index in [1.54, 1.807) is 16.1 Å². The monoisotopic (exact) mass is 504 g/mol. The summed E-state index contributed by atoms with van der Waals surface area (Å²) in [5, 5.41) is 3.00. The second kappa shape index (κ2) is 13.6. The van der Waals surface area contributed by atoms with Crippen LogP contribution < -0.4 is 5.32 Å². The minimum absolute atomic E-state index is 0.0163. The van der Waals surface area contributed by atoms with Gasteiger partial charge in [0, 0.05) is 38.4 Å². The van der Waals surface area contributed by atoms with E-state index in [1.165, 1.54) is 0 Å². The molecule has 3 amide bonds. The fourth-order valence-electron chi connectivity index (χ4n) is 4.30. The van der Waals surface area contributed by atoms with Crippen molar-refractivity contribution in [1.29, 1.82) is 0 Å². The fourth-order valence-corrected chi connectivity index (χ4v) is 4.30. The van der Waals surface area contributed by atoms with E-state index in [9.17, 15) is 9.59 Å². The largest absolute Gasteiger partial charge is 0.467 e. The van der Waals surface area contributed by atoms with Gasteiger partial charge < -0.3 is 24.3 Å². The summed E-state index contributed by atoms with van der Waals surface area (Å²) in [6.07, 6.45) is 2.33. The number of nitrogens with one attached hydrogen (secondary N) is 1. The van der Waals surface area contributed by atoms with Gasteiger partial charge in [0.15, 0.2) is 0 Å². The molecule has 8 nitrogen and oxygen atoms in total. The first-order valence-electron chi connectivity index (χ1n) is 12.8. The zero-order valence-corrected chi connectivity index (χ0v) is 21.5. The maximum Gasteiger partial charge on any atom is 0.322 e. The Morgan fingerprint density at radius 3 is 2.41 bits per heavy atom. The minimum Gasteiger partial charge on any atom is -0.467 e. The summed E-state index contributed by atoms with van der Waals surface area (Å²) in [6, 6.07) is 21.1. The highest BCUT2D eigenvalue weighted by atomic mass is 16.5. The lowest BCUT2D eigenvalue weighted by molar-refractivity contribution is -0.132. The van der Waals surface area contributed by atoms with Gasteiger partial charge in [-0.05, 0) is 42.7 Å². The van der Waals surface area contributed by atoms with Crippen molar-refractivity contribution in [2.45, 2.75) is 19.9 Å². The van der Waals surface area contributed by atoms with Crippen LogP contribution in [0.25, 0.3) is 0 Å². The smallest absolute Gasteiger partial charge is 0.322 e. The van der Waals surface area contributed by atoms with Gasteiger partial charge in [-0.25, -0.2) is 4.79 Å². The lowest BCUT2D eigenvalue weighted by Gasteiger charge is -2.31. The van der Waals surface area contributed by atoms with Crippen molar-refractivity contribution in [2.75, 3.05) is 57.8 Å². The highest BCUT2D eigenvalue weighted by molar-refractivity contribution is 5.93. The summed E-state index contributed by atoms with van der Waals surface area (Å²) in [4.78, 5) is 32.6. The first-order valence-corrected chi connectivity index (χ1v) is 12.8. The van der Waals surface area contributed by atoms with E-state index in [0.29, 0.717) is 45.2 Å². The number of carbonyl (C=O) groups excluding carboxylic acids is 2. The van der Waals surface area contributed by atoms with Crippen LogP contribution in [0.1, 0.15) is 16.9 Å². The average molecular weight is 505 g/mol. The van der Waals surface area contributed by atoms with E-state index in [4.69, 9.17) is 9.15 Å². The number of anilines is 1. The second-order valence-corrected chi connectivity index (χ2v) is 9.25. The van der Waals surface area contributed by atoms with Gasteiger partial charge in [-0.2, -0.15) is 0 Å². The molecule has 3 aromatic rings. The molecule has 0 bridgehead atoms. The summed E-state index contributed by atoms with van der Waals surface area (Å²) in [7, 11) is 0. The highest BCUT2D eigenvalue weighted by Crippen LogP contribution is 2.15. The molecule has 0 spiro atoms. The number of hydrogen-bond acceptors (Lipinski definition) is 5. The van der Waals surface area contributed by atoms with Crippen molar-refractivity contribution < 1.29 is 18.7 Å². The Morgan fingerprint density at radius 2 is 1.68 bits per heavy atom. The number of morpholine rings is 1. The third-order valence-electron chi connectivity index (χ3n) is 6.58. The van der Waals surface area contributed by atoms with Crippen molar-refractivity contribution in [3.8, 4) is 0 Å². The molecule has 1 aromatic heterocycles. The van der Waals surface area contributed by atoms with Gasteiger partial charge in [-0.3, -0.25) is 9.69 Å². The summed E-state index contributed by atoms with van der Waals surface area (Å²) >= 11 is 0. The third kappa shape index (κ3) is 8.20. The van der Waals surface area contributed by atoms with Gasteiger partial charge in [0.1, 0.15) is 12.3 Å². The summed E-state index contributed by atoms with van der Waals surface area (Å²) in [6.45, 7) is 6.96. The lowest BCUT2D eigenvalue weighted by atomic mass is 10.1. The van der Waals surface area contributed by atoms with Crippen LogP contribution in [-0.4, -0.2) is 79.1 Å². The van der Waals surface area contributed by atoms with Crippen molar-refractivity contribution >= 4 is 17.6 Å². The van der Waals surface area contributed by atoms with Gasteiger partial charge in [0.25, 0.3) is 0 Å². The molecule has 1 aliphatic heterocycles. The molecule has 1 aliphatic rings. The van der Waals surface area contributed by atoms with Gasteiger partial charge in [-0.15, -0.1) is 0 Å². The summed E-state index contributed by atoms with van der Waals surface area (Å²) in [5.74, 6) is 0.597. The number of amides is 3. The van der Waals surface area contributed by atoms with Crippen molar-refractivity contribution in [1.82, 2.24) is 14.7 Å². The Morgan fingerprint density at radius 1 is 0.919 bits per heavy atom. The van der Waals surface area contributed by atoms with Crippen LogP contribution in [0.15, 0.2) is 77.4 Å². The maximum absolute atomic E-state index is 13.6. The number of ether oxygens (including phenoxy) is 1. The number of hydrogen-bond donors (Lipinski definition) is 1. The average Bonchev–Trinajstić information content (AvgIpc) is 3.44. The van der Waals surface area contributed by atoms with E-state index < -0.39 is 0 Å². The van der Waals surface area contributed by atoms with Crippen LogP contribution in [0.2, 0.25) is 0 Å². The number of furan rings is 1. The molecule has 0 atom stereocenters. The Labute approximate surface area is 218 Å². The van der Waals surface area contributed by atoms with Gasteiger partial charge in [0.05, 0.1) is 26.0 Å². The molecule has 37 heavy (non-hydrogen) atoms. The van der Waals surface area contributed by atoms with E-state index in [0.717, 1.165) is 36.3 Å². The first-order chi connectivity index (χ1) is 18.1. The number of rotatable bonds is 11. The van der Waals surface area contributed by atoms with Crippen molar-refractivity contribution in [3.63, 3.8) is 0 Å². The molecular formula is C29H36N4O4. The summed E-state index contributed by atoms with van der Waals surface area (Å²) in [5.41, 5.74) is 2.87. The van der Waals surface area contributed by atoms with E-state index in [2.05, 4.69) is 22.3 Å². The predicted molar refractivity (Wildman–Crippen MR) is 143 cm³/mol.